The molecule has 2 aromatic heterocycles. The third kappa shape index (κ3) is 7.43. The Kier molecular flexibility index (Phi) is 11.4. The Labute approximate surface area is 287 Å². The maximum absolute atomic E-state index is 3.96. The highest BCUT2D eigenvalue weighted by atomic mass is 32.1. The molecule has 5 rings (SSSR count). The normalized spacial score (nSPS) is 12.1. The van der Waals surface area contributed by atoms with Gasteiger partial charge in [-0.15, -0.1) is 33.8 Å². The molecular weight excluding hydrogens is 625 g/mol. The maximum atomic E-state index is 3.96. The molecule has 0 amide bonds. The number of benzene rings is 3. The second kappa shape index (κ2) is 15.5. The first-order valence-corrected chi connectivity index (χ1v) is 23.9. The van der Waals surface area contributed by atoms with Gasteiger partial charge in [0.15, 0.2) is 0 Å². The van der Waals surface area contributed by atoms with Crippen molar-refractivity contribution < 1.29 is 0 Å². The zero-order valence-corrected chi connectivity index (χ0v) is 31.9. The first kappa shape index (κ1) is 34.0. The van der Waals surface area contributed by atoms with Crippen molar-refractivity contribution in [3.8, 4) is 22.9 Å². The summed E-state index contributed by atoms with van der Waals surface area (Å²) in [6.07, 6.45) is 8.98. The Bertz CT molecular complexity index is 1750. The zero-order chi connectivity index (χ0) is 32.6. The number of hydrogen-bond donors (Lipinski definition) is 0. The highest BCUT2D eigenvalue weighted by molar-refractivity contribution is 7.22. The molecule has 234 valence electrons. The minimum Gasteiger partial charge on any atom is -0.134 e. The molecule has 46 heavy (non-hydrogen) atoms. The van der Waals surface area contributed by atoms with E-state index in [0.29, 0.717) is 0 Å². The monoisotopic (exact) mass is 670 g/mol. The van der Waals surface area contributed by atoms with Crippen molar-refractivity contribution in [2.45, 2.75) is 77.8 Å². The van der Waals surface area contributed by atoms with Crippen molar-refractivity contribution in [2.24, 2.45) is 0 Å². The predicted octanol–water partition coefficient (Wildman–Crippen LogP) is 13.3. The van der Waals surface area contributed by atoms with Crippen LogP contribution in [0.3, 0.4) is 0 Å². The molecule has 0 radical (unpaired) electrons. The largest absolute Gasteiger partial charge is 0.138 e. The number of rotatable bonds is 10. The van der Waals surface area contributed by atoms with Crippen molar-refractivity contribution in [2.75, 3.05) is 0 Å². The first-order chi connectivity index (χ1) is 22.4. The molecule has 0 aliphatic carbocycles. The minimum atomic E-state index is -1.65. The fourth-order valence-corrected chi connectivity index (χ4v) is 13.1. The molecule has 2 heterocycles. The van der Waals surface area contributed by atoms with Gasteiger partial charge in [0.05, 0.1) is 20.5 Å². The summed E-state index contributed by atoms with van der Waals surface area (Å²) in [6, 6.07) is 33.1. The van der Waals surface area contributed by atoms with Gasteiger partial charge in [0.2, 0.25) is 0 Å². The van der Waals surface area contributed by atoms with Crippen LogP contribution >= 0.6 is 22.7 Å². The SMILES string of the molecule is CC[Si](C#Cc1c2cc(C=Cc3ccccc3)sc2c(C#C[Si](CC)(CC)CC)c2cc(C=Cc3ccccc3)sc12)(CC)CC. The summed E-state index contributed by atoms with van der Waals surface area (Å²) in [6.45, 7) is 14.1. The minimum absolute atomic E-state index is 1.20. The fraction of sp³-hybridized carbons (Fsp3) is 0.286. The van der Waals surface area contributed by atoms with E-state index in [1.54, 1.807) is 0 Å². The van der Waals surface area contributed by atoms with Crippen LogP contribution in [0.25, 0.3) is 44.5 Å². The lowest BCUT2D eigenvalue weighted by atomic mass is 10.0. The van der Waals surface area contributed by atoms with Crippen molar-refractivity contribution >= 4 is 83.3 Å². The van der Waals surface area contributed by atoms with Gasteiger partial charge in [-0.1, -0.05) is 126 Å². The van der Waals surface area contributed by atoms with E-state index in [9.17, 15) is 0 Å². The summed E-state index contributed by atoms with van der Waals surface area (Å²) < 4.78 is 2.58. The molecule has 0 fully saturated rings. The van der Waals surface area contributed by atoms with Gasteiger partial charge in [-0.2, -0.15) is 0 Å². The predicted molar refractivity (Wildman–Crippen MR) is 216 cm³/mol. The van der Waals surface area contributed by atoms with Crippen LogP contribution in [0.4, 0.5) is 0 Å². The molecule has 3 aromatic carbocycles. The van der Waals surface area contributed by atoms with E-state index in [1.165, 1.54) is 88.4 Å². The van der Waals surface area contributed by atoms with Gasteiger partial charge in [0, 0.05) is 20.5 Å². The summed E-state index contributed by atoms with van der Waals surface area (Å²) in [5.74, 6) is 7.75. The molecule has 0 spiro atoms. The third-order valence-electron chi connectivity index (χ3n) is 9.94. The summed E-state index contributed by atoms with van der Waals surface area (Å²) in [5, 5.41) is 2.54. The third-order valence-corrected chi connectivity index (χ3v) is 21.6. The highest BCUT2D eigenvalue weighted by Crippen LogP contribution is 2.42. The molecule has 0 saturated heterocycles. The van der Waals surface area contributed by atoms with Crippen LogP contribution in [0.5, 0.6) is 0 Å². The van der Waals surface area contributed by atoms with Crippen LogP contribution in [-0.4, -0.2) is 16.1 Å². The molecule has 0 nitrogen and oxygen atoms in total. The number of thiophene rings is 2. The number of fused-ring (bicyclic) bond motifs is 2. The molecule has 5 aromatic rings. The lowest BCUT2D eigenvalue weighted by molar-refractivity contribution is 1.20. The van der Waals surface area contributed by atoms with Gasteiger partial charge in [0.1, 0.15) is 16.1 Å². The highest BCUT2D eigenvalue weighted by Gasteiger charge is 2.26. The van der Waals surface area contributed by atoms with E-state index in [2.05, 4.69) is 162 Å². The second-order valence-electron chi connectivity index (χ2n) is 12.2. The first-order valence-electron chi connectivity index (χ1n) is 17.0. The van der Waals surface area contributed by atoms with Crippen molar-refractivity contribution in [3.63, 3.8) is 0 Å². The summed E-state index contributed by atoms with van der Waals surface area (Å²) in [5.41, 5.74) is 12.7. The molecule has 0 aliphatic rings. The second-order valence-corrected chi connectivity index (χ2v) is 24.2. The van der Waals surface area contributed by atoms with Gasteiger partial charge < -0.3 is 0 Å². The van der Waals surface area contributed by atoms with E-state index in [4.69, 9.17) is 0 Å². The van der Waals surface area contributed by atoms with E-state index < -0.39 is 16.1 Å². The summed E-state index contributed by atoms with van der Waals surface area (Å²) in [7, 11) is -3.30. The standard InChI is InChI=1S/C42H46S2Si2/c1-7-45(8-2,9-3)29-27-37-39-31-35(25-23-33-19-15-13-16-20-33)44-42(39)38(28-30-46(10-4,11-5)12-6)40-32-36(43-41(37)40)26-24-34-21-17-14-18-22-34/h13-26,31-32H,7-12H2,1-6H3. The van der Waals surface area contributed by atoms with Crippen LogP contribution in [-0.2, 0) is 0 Å². The summed E-state index contributed by atoms with van der Waals surface area (Å²) in [4.78, 5) is 2.50. The molecule has 0 aliphatic heterocycles. The maximum Gasteiger partial charge on any atom is 0.138 e. The van der Waals surface area contributed by atoms with Crippen LogP contribution in [0.1, 0.15) is 73.6 Å². The fourth-order valence-electron chi connectivity index (χ4n) is 6.13. The van der Waals surface area contributed by atoms with E-state index >= 15 is 0 Å². The van der Waals surface area contributed by atoms with Gasteiger partial charge in [-0.25, -0.2) is 0 Å². The Morgan fingerprint density at radius 3 is 1.17 bits per heavy atom. The summed E-state index contributed by atoms with van der Waals surface area (Å²) >= 11 is 3.74. The topological polar surface area (TPSA) is 0 Å². The Morgan fingerprint density at radius 2 is 0.848 bits per heavy atom. The van der Waals surface area contributed by atoms with Gasteiger partial charge in [-0.05, 0) is 71.7 Å². The lowest BCUT2D eigenvalue weighted by Crippen LogP contribution is -2.29. The Hall–Kier alpha value is -3.39. The molecule has 0 unspecified atom stereocenters. The van der Waals surface area contributed by atoms with Gasteiger partial charge >= 0.3 is 0 Å². The van der Waals surface area contributed by atoms with Gasteiger partial charge in [-0.3, -0.25) is 0 Å². The van der Waals surface area contributed by atoms with Crippen molar-refractivity contribution in [1.82, 2.24) is 0 Å². The average Bonchev–Trinajstić information content (AvgIpc) is 3.74. The molecule has 0 N–H and O–H groups in total. The van der Waals surface area contributed by atoms with Crippen LogP contribution in [0.15, 0.2) is 72.8 Å². The smallest absolute Gasteiger partial charge is 0.134 e. The van der Waals surface area contributed by atoms with Crippen LogP contribution in [0.2, 0.25) is 36.3 Å². The Morgan fingerprint density at radius 1 is 0.500 bits per heavy atom. The average molecular weight is 671 g/mol. The van der Waals surface area contributed by atoms with E-state index in [-0.39, 0.29) is 0 Å². The van der Waals surface area contributed by atoms with Crippen molar-refractivity contribution in [1.29, 1.82) is 0 Å². The van der Waals surface area contributed by atoms with E-state index in [0.717, 1.165) is 0 Å². The quantitative estimate of drug-likeness (QED) is 0.102. The molecule has 0 atom stereocenters. The molecule has 0 saturated carbocycles. The van der Waals surface area contributed by atoms with E-state index in [1.807, 2.05) is 22.7 Å². The van der Waals surface area contributed by atoms with Crippen LogP contribution in [0, 0.1) is 22.9 Å². The zero-order valence-electron chi connectivity index (χ0n) is 28.3. The molecule has 4 heteroatoms. The molecule has 0 bridgehead atoms. The van der Waals surface area contributed by atoms with Crippen molar-refractivity contribution in [3.05, 3.63) is 105 Å². The molecular formula is C42H46S2Si2. The number of hydrogen-bond acceptors (Lipinski definition) is 2. The van der Waals surface area contributed by atoms with Crippen LogP contribution < -0.4 is 0 Å². The Balaban J connectivity index is 1.80. The lowest BCUT2D eigenvalue weighted by Gasteiger charge is -2.20. The van der Waals surface area contributed by atoms with Gasteiger partial charge in [0.25, 0.3) is 0 Å².